The quantitative estimate of drug-likeness (QED) is 0.432. The van der Waals surface area contributed by atoms with Gasteiger partial charge in [-0.05, 0) is 61.1 Å². The van der Waals surface area contributed by atoms with E-state index < -0.39 is 12.1 Å². The van der Waals surface area contributed by atoms with Gasteiger partial charge in [0.15, 0.2) is 0 Å². The van der Waals surface area contributed by atoms with Crippen molar-refractivity contribution in [3.05, 3.63) is 65.2 Å². The highest BCUT2D eigenvalue weighted by Crippen LogP contribution is 2.31. The third-order valence-corrected chi connectivity index (χ3v) is 6.88. The van der Waals surface area contributed by atoms with Gasteiger partial charge in [0.05, 0.1) is 19.8 Å². The molecule has 3 N–H and O–H groups in total. The number of nitrogens with one attached hydrogen (secondary N) is 1. The van der Waals surface area contributed by atoms with E-state index in [0.717, 1.165) is 37.2 Å². The molecule has 1 unspecified atom stereocenters. The van der Waals surface area contributed by atoms with Gasteiger partial charge in [-0.15, -0.1) is 0 Å². The van der Waals surface area contributed by atoms with Gasteiger partial charge in [0, 0.05) is 37.4 Å². The second kappa shape index (κ2) is 11.6. The zero-order valence-corrected chi connectivity index (χ0v) is 20.1. The zero-order valence-electron chi connectivity index (χ0n) is 20.1. The number of anilines is 1. The largest absolute Gasteiger partial charge is 0.379 e. The minimum atomic E-state index is -0.577. The van der Waals surface area contributed by atoms with Crippen molar-refractivity contribution in [2.45, 2.75) is 38.5 Å². The maximum Gasteiger partial charge on any atom is 0.324 e. The molecule has 0 aliphatic carbocycles. The van der Waals surface area contributed by atoms with Crippen molar-refractivity contribution in [3.8, 4) is 0 Å². The molecule has 0 radical (unpaired) electrons. The molecule has 2 aliphatic rings. The van der Waals surface area contributed by atoms with E-state index in [1.165, 1.54) is 5.56 Å². The van der Waals surface area contributed by atoms with Crippen molar-refractivity contribution in [3.63, 3.8) is 0 Å². The fraction of sp³-hybridized carbons (Fsp3) is 0.462. The number of benzene rings is 2. The van der Waals surface area contributed by atoms with E-state index in [2.05, 4.69) is 17.0 Å². The van der Waals surface area contributed by atoms with Gasteiger partial charge < -0.3 is 14.7 Å². The van der Waals surface area contributed by atoms with Crippen LogP contribution in [-0.2, 0) is 11.3 Å². The number of carbonyl (C=O) groups excluding carboxylic acids is 2. The van der Waals surface area contributed by atoms with Crippen molar-refractivity contribution in [2.24, 2.45) is 0 Å². The number of likely N-dealkylation sites (tertiary alicyclic amines) is 1. The lowest BCUT2D eigenvalue weighted by molar-refractivity contribution is 0.00305. The number of nitrogens with zero attached hydrogens (tertiary/aromatic N) is 3. The lowest BCUT2D eigenvalue weighted by Crippen LogP contribution is -2.48. The van der Waals surface area contributed by atoms with Crippen molar-refractivity contribution in [2.75, 3.05) is 44.3 Å². The van der Waals surface area contributed by atoms with Crippen LogP contribution in [0.25, 0.3) is 0 Å². The Kier molecular flexibility index (Phi) is 8.35. The number of morpholine rings is 1. The normalized spacial score (nSPS) is 18.2. The number of ether oxygens (including phenoxy) is 1. The minimum absolute atomic E-state index is 0.0773. The molecule has 3 amide bonds. The maximum absolute atomic E-state index is 13.6. The Balaban J connectivity index is 1.57. The topological polar surface area (TPSA) is 106 Å². The Labute approximate surface area is 205 Å². The lowest BCUT2D eigenvalue weighted by Gasteiger charge is -2.35. The molecule has 2 aromatic rings. The summed E-state index contributed by atoms with van der Waals surface area (Å²) in [6.07, 6.45) is 1.49. The van der Waals surface area contributed by atoms with E-state index in [9.17, 15) is 14.7 Å². The first kappa shape index (κ1) is 25.1. The average Bonchev–Trinajstić information content (AvgIpc) is 2.92. The van der Waals surface area contributed by atoms with Gasteiger partial charge in [-0.2, -0.15) is 0 Å². The van der Waals surface area contributed by atoms with Crippen LogP contribution in [0.4, 0.5) is 10.5 Å². The van der Waals surface area contributed by atoms with Crippen LogP contribution in [0.15, 0.2) is 48.5 Å². The Morgan fingerprint density at radius 2 is 1.77 bits per heavy atom. The molecular weight excluding hydrogens is 448 g/mol. The summed E-state index contributed by atoms with van der Waals surface area (Å²) < 4.78 is 5.43. The molecule has 188 valence electrons. The van der Waals surface area contributed by atoms with Gasteiger partial charge in [-0.3, -0.25) is 19.8 Å². The highest BCUT2D eigenvalue weighted by molar-refractivity contribution is 5.94. The molecule has 2 saturated heterocycles. The summed E-state index contributed by atoms with van der Waals surface area (Å²) in [6, 6.07) is 14.9. The second-order valence-electron chi connectivity index (χ2n) is 9.14. The van der Waals surface area contributed by atoms with Gasteiger partial charge in [0.25, 0.3) is 5.91 Å². The van der Waals surface area contributed by atoms with Crippen LogP contribution in [0.3, 0.4) is 0 Å². The SMILES string of the molecule is CC(O)N1CCC(c2cccc(N(Cc3ccc(C(=O)NO)cc3)C(=O)N3CCOCC3)c2)CC1. The standard InChI is InChI=1S/C26H34N4O5/c1-19(31)28-11-9-21(10-12-28)23-3-2-4-24(17-23)30(26(33)29-13-15-35-16-14-29)18-20-5-7-22(8-6-20)25(32)27-34/h2-8,17,19,21,31,34H,9-16,18H2,1H3,(H,27,32). The summed E-state index contributed by atoms with van der Waals surface area (Å²) in [7, 11) is 0. The molecule has 0 aromatic heterocycles. The first-order valence-electron chi connectivity index (χ1n) is 12.2. The van der Waals surface area contributed by atoms with Crippen LogP contribution in [0.5, 0.6) is 0 Å². The van der Waals surface area contributed by atoms with Crippen molar-refractivity contribution < 1.29 is 24.6 Å². The maximum atomic E-state index is 13.6. The highest BCUT2D eigenvalue weighted by Gasteiger charge is 2.27. The second-order valence-corrected chi connectivity index (χ2v) is 9.14. The molecule has 9 heteroatoms. The summed E-state index contributed by atoms with van der Waals surface area (Å²) in [5.41, 5.74) is 4.87. The van der Waals surface area contributed by atoms with Crippen molar-refractivity contribution in [1.82, 2.24) is 15.3 Å². The van der Waals surface area contributed by atoms with Crippen molar-refractivity contribution >= 4 is 17.6 Å². The molecule has 1 atom stereocenters. The third-order valence-electron chi connectivity index (χ3n) is 6.88. The van der Waals surface area contributed by atoms with E-state index in [-0.39, 0.29) is 6.03 Å². The predicted molar refractivity (Wildman–Crippen MR) is 131 cm³/mol. The van der Waals surface area contributed by atoms with E-state index in [4.69, 9.17) is 9.94 Å². The van der Waals surface area contributed by atoms with E-state index in [1.54, 1.807) is 41.6 Å². The van der Waals surface area contributed by atoms with E-state index in [1.807, 2.05) is 17.0 Å². The van der Waals surface area contributed by atoms with Crippen LogP contribution in [0, 0.1) is 0 Å². The fourth-order valence-corrected chi connectivity index (χ4v) is 4.76. The van der Waals surface area contributed by atoms with Crippen LogP contribution in [-0.4, -0.2) is 77.7 Å². The Bertz CT molecular complexity index is 999. The Morgan fingerprint density at radius 1 is 1.09 bits per heavy atom. The van der Waals surface area contributed by atoms with Gasteiger partial charge >= 0.3 is 6.03 Å². The van der Waals surface area contributed by atoms with Gasteiger partial charge in [-0.25, -0.2) is 10.3 Å². The number of hydrogen-bond acceptors (Lipinski definition) is 6. The minimum Gasteiger partial charge on any atom is -0.379 e. The molecule has 4 rings (SSSR count). The average molecular weight is 483 g/mol. The molecule has 9 nitrogen and oxygen atoms in total. The predicted octanol–water partition coefficient (Wildman–Crippen LogP) is 2.78. The number of aliphatic hydroxyl groups is 1. The van der Waals surface area contributed by atoms with Crippen molar-refractivity contribution in [1.29, 1.82) is 0 Å². The van der Waals surface area contributed by atoms with E-state index in [0.29, 0.717) is 44.3 Å². The molecule has 0 saturated carbocycles. The Hall–Kier alpha value is -2.98. The number of amides is 3. The molecule has 2 aliphatic heterocycles. The number of hydrogen-bond donors (Lipinski definition) is 3. The summed E-state index contributed by atoms with van der Waals surface area (Å²) in [5, 5.41) is 18.7. The van der Waals surface area contributed by atoms with Crippen LogP contribution < -0.4 is 10.4 Å². The summed E-state index contributed by atoms with van der Waals surface area (Å²) >= 11 is 0. The van der Waals surface area contributed by atoms with Gasteiger partial charge in [-0.1, -0.05) is 24.3 Å². The Morgan fingerprint density at radius 3 is 2.40 bits per heavy atom. The van der Waals surface area contributed by atoms with Gasteiger partial charge in [0.1, 0.15) is 6.23 Å². The number of hydroxylamine groups is 1. The summed E-state index contributed by atoms with van der Waals surface area (Å²) in [5.74, 6) is -0.200. The third kappa shape index (κ3) is 6.18. The number of urea groups is 1. The number of rotatable bonds is 6. The van der Waals surface area contributed by atoms with Crippen LogP contribution >= 0.6 is 0 Å². The highest BCUT2D eigenvalue weighted by atomic mass is 16.5. The molecule has 2 aromatic carbocycles. The molecular formula is C26H34N4O5. The number of carbonyl (C=O) groups is 2. The first-order valence-corrected chi connectivity index (χ1v) is 12.2. The first-order chi connectivity index (χ1) is 17.0. The van der Waals surface area contributed by atoms with Crippen LogP contribution in [0.2, 0.25) is 0 Å². The molecule has 0 spiro atoms. The van der Waals surface area contributed by atoms with Crippen LogP contribution in [0.1, 0.15) is 47.2 Å². The molecule has 2 heterocycles. The number of piperidine rings is 1. The van der Waals surface area contributed by atoms with Gasteiger partial charge in [0.2, 0.25) is 0 Å². The zero-order chi connectivity index (χ0) is 24.8. The smallest absolute Gasteiger partial charge is 0.324 e. The fourth-order valence-electron chi connectivity index (χ4n) is 4.76. The monoisotopic (exact) mass is 482 g/mol. The molecule has 35 heavy (non-hydrogen) atoms. The number of aliphatic hydroxyl groups excluding tert-OH is 1. The summed E-state index contributed by atoms with van der Waals surface area (Å²) in [6.45, 7) is 5.97. The lowest BCUT2D eigenvalue weighted by atomic mass is 9.89. The molecule has 2 fully saturated rings. The van der Waals surface area contributed by atoms with E-state index >= 15 is 0 Å². The summed E-state index contributed by atoms with van der Waals surface area (Å²) in [4.78, 5) is 30.9. The molecule has 0 bridgehead atoms.